The van der Waals surface area contributed by atoms with Crippen LogP contribution in [0.4, 0.5) is 0 Å². The first-order valence-electron chi connectivity index (χ1n) is 5.73. The fourth-order valence-electron chi connectivity index (χ4n) is 1.83. The van der Waals surface area contributed by atoms with E-state index in [4.69, 9.17) is 4.74 Å². The molecule has 0 atom stereocenters. The van der Waals surface area contributed by atoms with Gasteiger partial charge in [-0.1, -0.05) is 36.9 Å². The maximum absolute atomic E-state index is 11.3. The van der Waals surface area contributed by atoms with Gasteiger partial charge in [0.1, 0.15) is 5.60 Å². The molecule has 0 heterocycles. The van der Waals surface area contributed by atoms with Crippen LogP contribution in [0, 0.1) is 0 Å². The molecule has 0 aromatic heterocycles. The molecule has 0 radical (unpaired) electrons. The molecule has 1 aromatic carbocycles. The van der Waals surface area contributed by atoms with E-state index < -0.39 is 5.60 Å². The summed E-state index contributed by atoms with van der Waals surface area (Å²) in [6.45, 7) is 3.89. The van der Waals surface area contributed by atoms with Crippen LogP contribution < -0.4 is 0 Å². The van der Waals surface area contributed by atoms with Gasteiger partial charge >= 0.3 is 0 Å². The van der Waals surface area contributed by atoms with Crippen LogP contribution in [0.1, 0.15) is 5.56 Å². The van der Waals surface area contributed by atoms with Crippen molar-refractivity contribution in [3.63, 3.8) is 0 Å². The zero-order chi connectivity index (χ0) is 12.8. The van der Waals surface area contributed by atoms with Gasteiger partial charge in [0.25, 0.3) is 0 Å². The monoisotopic (exact) mass is 238 g/mol. The zero-order valence-electron chi connectivity index (χ0n) is 10.0. The van der Waals surface area contributed by atoms with Gasteiger partial charge in [-0.15, -0.1) is 5.73 Å². The Balaban J connectivity index is 2.35. The fraction of sp³-hybridized carbons (Fsp3) is 0.125. The van der Waals surface area contributed by atoms with Crippen molar-refractivity contribution in [3.05, 3.63) is 78.6 Å². The summed E-state index contributed by atoms with van der Waals surface area (Å²) in [5.74, 6) is -0.0237. The lowest BCUT2D eigenvalue weighted by Gasteiger charge is -2.29. The molecule has 90 valence electrons. The minimum Gasteiger partial charge on any atom is -0.357 e. The predicted molar refractivity (Wildman–Crippen MR) is 71.1 cm³/mol. The highest BCUT2D eigenvalue weighted by molar-refractivity contribution is 6.00. The molecule has 2 heteroatoms. The quantitative estimate of drug-likeness (QED) is 0.754. The van der Waals surface area contributed by atoms with Crippen LogP contribution in [0.25, 0.3) is 0 Å². The Morgan fingerprint density at radius 3 is 2.50 bits per heavy atom. The minimum atomic E-state index is -0.678. The zero-order valence-corrected chi connectivity index (χ0v) is 10.0. The van der Waals surface area contributed by atoms with Gasteiger partial charge in [0.15, 0.2) is 5.78 Å². The van der Waals surface area contributed by atoms with Crippen LogP contribution in [0.5, 0.6) is 0 Å². The summed E-state index contributed by atoms with van der Waals surface area (Å²) in [7, 11) is 0. The summed E-state index contributed by atoms with van der Waals surface area (Å²) in [6, 6.07) is 9.79. The molecule has 0 fully saturated rings. The van der Waals surface area contributed by atoms with E-state index in [1.807, 2.05) is 30.3 Å². The van der Waals surface area contributed by atoms with Crippen LogP contribution >= 0.6 is 0 Å². The molecule has 2 rings (SSSR count). The molecule has 0 N–H and O–H groups in total. The van der Waals surface area contributed by atoms with Gasteiger partial charge in [-0.05, 0) is 35.9 Å². The standard InChI is InChI=1S/C16H14O2/c1-2-3-13-18-16(11-9-15(17)10-12-16)14-7-5-4-6-8-14/h3-12H,1,13H2. The molecule has 1 aromatic rings. The molecule has 0 bridgehead atoms. The molecule has 0 saturated heterocycles. The van der Waals surface area contributed by atoms with Gasteiger partial charge in [0.05, 0.1) is 6.61 Å². The van der Waals surface area contributed by atoms with Crippen molar-refractivity contribution in [2.75, 3.05) is 6.61 Å². The van der Waals surface area contributed by atoms with E-state index in [1.165, 1.54) is 12.2 Å². The largest absolute Gasteiger partial charge is 0.357 e. The smallest absolute Gasteiger partial charge is 0.178 e. The van der Waals surface area contributed by atoms with E-state index in [9.17, 15) is 4.79 Å². The van der Waals surface area contributed by atoms with E-state index in [0.717, 1.165) is 5.56 Å². The molecule has 0 aliphatic heterocycles. The Morgan fingerprint density at radius 1 is 1.22 bits per heavy atom. The summed E-state index contributed by atoms with van der Waals surface area (Å²) in [5, 5.41) is 0. The van der Waals surface area contributed by atoms with Crippen molar-refractivity contribution in [1.29, 1.82) is 0 Å². The van der Waals surface area contributed by atoms with Gasteiger partial charge in [0.2, 0.25) is 0 Å². The molecule has 18 heavy (non-hydrogen) atoms. The Labute approximate surface area is 107 Å². The lowest BCUT2D eigenvalue weighted by Crippen LogP contribution is -2.27. The summed E-state index contributed by atoms with van der Waals surface area (Å²) < 4.78 is 5.86. The first-order chi connectivity index (χ1) is 8.77. The number of allylic oxidation sites excluding steroid dienone is 2. The number of hydrogen-bond donors (Lipinski definition) is 0. The third kappa shape index (κ3) is 2.57. The molecule has 2 nitrogen and oxygen atoms in total. The number of ether oxygens (including phenoxy) is 1. The van der Waals surface area contributed by atoms with Crippen molar-refractivity contribution >= 4 is 5.78 Å². The maximum atomic E-state index is 11.3. The summed E-state index contributed by atoms with van der Waals surface area (Å²) in [4.78, 5) is 11.3. The van der Waals surface area contributed by atoms with Crippen molar-refractivity contribution in [3.8, 4) is 0 Å². The maximum Gasteiger partial charge on any atom is 0.178 e. The number of rotatable bonds is 4. The second kappa shape index (κ2) is 5.46. The van der Waals surface area contributed by atoms with Crippen LogP contribution in [0.3, 0.4) is 0 Å². The van der Waals surface area contributed by atoms with Crippen LogP contribution in [0.15, 0.2) is 73.0 Å². The Hall–Kier alpha value is -2.15. The number of carbonyl (C=O) groups excluding carboxylic acids is 1. The third-order valence-corrected chi connectivity index (χ3v) is 2.77. The van der Waals surface area contributed by atoms with E-state index in [0.29, 0.717) is 6.61 Å². The Morgan fingerprint density at radius 2 is 1.89 bits per heavy atom. The third-order valence-electron chi connectivity index (χ3n) is 2.77. The van der Waals surface area contributed by atoms with Gasteiger partial charge < -0.3 is 4.74 Å². The first-order valence-corrected chi connectivity index (χ1v) is 5.73. The van der Waals surface area contributed by atoms with E-state index >= 15 is 0 Å². The summed E-state index contributed by atoms with van der Waals surface area (Å²) >= 11 is 0. The Kier molecular flexibility index (Phi) is 3.73. The highest BCUT2D eigenvalue weighted by atomic mass is 16.5. The van der Waals surface area contributed by atoms with E-state index in [-0.39, 0.29) is 5.78 Å². The highest BCUT2D eigenvalue weighted by Gasteiger charge is 2.29. The van der Waals surface area contributed by atoms with Gasteiger partial charge in [0, 0.05) is 0 Å². The van der Waals surface area contributed by atoms with Gasteiger partial charge in [-0.2, -0.15) is 0 Å². The molecule has 0 unspecified atom stereocenters. The molecule has 0 saturated carbocycles. The lowest BCUT2D eigenvalue weighted by molar-refractivity contribution is -0.110. The van der Waals surface area contributed by atoms with Crippen molar-refractivity contribution in [1.82, 2.24) is 0 Å². The van der Waals surface area contributed by atoms with Gasteiger partial charge in [-0.25, -0.2) is 0 Å². The molecular weight excluding hydrogens is 224 g/mol. The lowest BCUT2D eigenvalue weighted by atomic mass is 9.89. The fourth-order valence-corrected chi connectivity index (χ4v) is 1.83. The topological polar surface area (TPSA) is 26.3 Å². The Bertz CT molecular complexity index is 515. The minimum absolute atomic E-state index is 0.0237. The highest BCUT2D eigenvalue weighted by Crippen LogP contribution is 2.31. The molecule has 1 aliphatic carbocycles. The average Bonchev–Trinajstić information content (AvgIpc) is 2.43. The van der Waals surface area contributed by atoms with Crippen LogP contribution in [0.2, 0.25) is 0 Å². The normalized spacial score (nSPS) is 16.3. The molecular formula is C16H14O2. The molecule has 1 aliphatic rings. The summed E-state index contributed by atoms with van der Waals surface area (Å²) in [5.41, 5.74) is 2.98. The van der Waals surface area contributed by atoms with Crippen molar-refractivity contribution < 1.29 is 9.53 Å². The van der Waals surface area contributed by atoms with E-state index in [2.05, 4.69) is 12.3 Å². The summed E-state index contributed by atoms with van der Waals surface area (Å²) in [6.07, 6.45) is 8.33. The number of hydrogen-bond acceptors (Lipinski definition) is 2. The van der Waals surface area contributed by atoms with Crippen molar-refractivity contribution in [2.24, 2.45) is 0 Å². The predicted octanol–water partition coefficient (Wildman–Crippen LogP) is 2.93. The average molecular weight is 238 g/mol. The first kappa shape index (κ1) is 12.3. The van der Waals surface area contributed by atoms with E-state index in [1.54, 1.807) is 18.2 Å². The molecule has 0 amide bonds. The SMILES string of the molecule is C=C=CCOC1(c2ccccc2)C=CC(=O)C=C1. The van der Waals surface area contributed by atoms with Crippen LogP contribution in [-0.2, 0) is 15.1 Å². The second-order valence-corrected chi connectivity index (χ2v) is 3.95. The number of benzene rings is 1. The molecule has 0 spiro atoms. The number of carbonyl (C=O) groups is 1. The second-order valence-electron chi connectivity index (χ2n) is 3.95. The van der Waals surface area contributed by atoms with Crippen LogP contribution in [-0.4, -0.2) is 12.4 Å². The van der Waals surface area contributed by atoms with Crippen molar-refractivity contribution in [2.45, 2.75) is 5.60 Å². The number of ketones is 1. The van der Waals surface area contributed by atoms with Gasteiger partial charge in [-0.3, -0.25) is 4.79 Å².